The molecule has 1 saturated heterocycles. The number of carbonyl (C=O) groups excluding carboxylic acids is 3. The first-order valence-corrected chi connectivity index (χ1v) is 16.5. The summed E-state index contributed by atoms with van der Waals surface area (Å²) < 4.78 is 38.9. The number of nitrogens with zero attached hydrogens (tertiary/aromatic N) is 2. The molecule has 3 fully saturated rings. The van der Waals surface area contributed by atoms with Gasteiger partial charge in [-0.05, 0) is 57.6 Å². The topological polar surface area (TPSA) is 174 Å². The van der Waals surface area contributed by atoms with Gasteiger partial charge in [-0.3, -0.25) is 19.1 Å². The molecule has 3 heterocycles. The Hall–Kier alpha value is -3.45. The van der Waals surface area contributed by atoms with E-state index in [4.69, 9.17) is 14.9 Å². The van der Waals surface area contributed by atoms with E-state index in [0.717, 1.165) is 25.7 Å². The lowest BCUT2D eigenvalue weighted by Gasteiger charge is -2.28. The number of hydrogen-bond donors (Lipinski definition) is 3. The molecule has 4 aliphatic rings. The van der Waals surface area contributed by atoms with Gasteiger partial charge in [-0.25, -0.2) is 13.4 Å². The number of aryl methyl sites for hydroxylation is 1. The summed E-state index contributed by atoms with van der Waals surface area (Å²) in [5.41, 5.74) is 6.16. The van der Waals surface area contributed by atoms with Crippen molar-refractivity contribution in [2.75, 3.05) is 6.54 Å². The number of ether oxygens (including phenoxy) is 1. The summed E-state index contributed by atoms with van der Waals surface area (Å²) >= 11 is 0. The maximum Gasteiger partial charge on any atom is 0.259 e. The lowest BCUT2D eigenvalue weighted by atomic mass is 10.1. The van der Waals surface area contributed by atoms with E-state index in [1.165, 1.54) is 4.90 Å². The summed E-state index contributed by atoms with van der Waals surface area (Å²) in [6.07, 6.45) is 8.55. The first kappa shape index (κ1) is 29.6. The smallest absolute Gasteiger partial charge is 0.259 e. The first-order chi connectivity index (χ1) is 20.4. The van der Waals surface area contributed by atoms with Crippen LogP contribution < -0.4 is 20.5 Å². The molecular weight excluding hydrogens is 574 g/mol. The van der Waals surface area contributed by atoms with Crippen LogP contribution in [0.3, 0.4) is 0 Å². The zero-order valence-corrected chi connectivity index (χ0v) is 25.3. The average molecular weight is 614 g/mol. The third-order valence-electron chi connectivity index (χ3n) is 9.28. The lowest BCUT2D eigenvalue weighted by Crippen LogP contribution is -2.58. The van der Waals surface area contributed by atoms with Crippen molar-refractivity contribution >= 4 is 38.8 Å². The Morgan fingerprint density at radius 2 is 2.02 bits per heavy atom. The van der Waals surface area contributed by atoms with Crippen molar-refractivity contribution in [3.05, 3.63) is 36.2 Å². The highest BCUT2D eigenvalue weighted by molar-refractivity contribution is 7.91. The maximum absolute atomic E-state index is 13.9. The van der Waals surface area contributed by atoms with Crippen molar-refractivity contribution in [3.8, 4) is 5.75 Å². The monoisotopic (exact) mass is 613 g/mol. The Bertz CT molecular complexity index is 1580. The highest BCUT2D eigenvalue weighted by atomic mass is 32.2. The molecule has 1 aromatic carbocycles. The summed E-state index contributed by atoms with van der Waals surface area (Å²) in [6.45, 7) is 3.49. The average Bonchev–Trinajstić information content (AvgIpc) is 3.77. The number of amides is 3. The second kappa shape index (κ2) is 10.9. The quantitative estimate of drug-likeness (QED) is 0.427. The van der Waals surface area contributed by atoms with E-state index in [1.54, 1.807) is 32.0 Å². The fraction of sp³-hybridized carbons (Fsp3) is 0.600. The minimum absolute atomic E-state index is 0.135. The fourth-order valence-corrected chi connectivity index (χ4v) is 7.44. The Labute approximate surface area is 250 Å². The van der Waals surface area contributed by atoms with Gasteiger partial charge in [0.15, 0.2) is 11.5 Å². The lowest BCUT2D eigenvalue weighted by molar-refractivity contribution is -0.140. The molecule has 2 aromatic rings. The van der Waals surface area contributed by atoms with Crippen LogP contribution >= 0.6 is 0 Å². The second-order valence-electron chi connectivity index (χ2n) is 12.7. The van der Waals surface area contributed by atoms with Gasteiger partial charge < -0.3 is 25.1 Å². The zero-order valence-electron chi connectivity index (χ0n) is 24.5. The molecule has 6 rings (SSSR count). The van der Waals surface area contributed by atoms with Crippen molar-refractivity contribution in [1.29, 1.82) is 0 Å². The van der Waals surface area contributed by atoms with Crippen molar-refractivity contribution in [1.82, 2.24) is 19.9 Å². The van der Waals surface area contributed by atoms with Crippen LogP contribution in [-0.4, -0.2) is 71.0 Å². The number of aromatic nitrogens is 1. The highest BCUT2D eigenvalue weighted by Gasteiger charge is 2.63. The van der Waals surface area contributed by atoms with E-state index in [9.17, 15) is 22.8 Å². The Morgan fingerprint density at radius 3 is 2.79 bits per heavy atom. The van der Waals surface area contributed by atoms with Gasteiger partial charge in [-0.15, -0.1) is 0 Å². The molecule has 5 atom stereocenters. The molecule has 2 saturated carbocycles. The SMILES string of the molecule is Cc1nc2cc(O[C@@H]3C[C@H]4C(=O)N[C@]5(C(=O)NS(=O)(=O)C6(C)CC6)C[C@H]5/C=C\CCCCC[C@H](N)C(=O)N4C3)ccc2o1. The number of oxazole rings is 1. The Kier molecular flexibility index (Phi) is 7.52. The minimum Gasteiger partial charge on any atom is -0.488 e. The molecule has 0 spiro atoms. The van der Waals surface area contributed by atoms with Gasteiger partial charge in [-0.1, -0.05) is 25.0 Å². The molecule has 232 valence electrons. The van der Waals surface area contributed by atoms with Crippen LogP contribution in [0.5, 0.6) is 5.75 Å². The molecule has 0 radical (unpaired) electrons. The van der Waals surface area contributed by atoms with Gasteiger partial charge in [0.05, 0.1) is 17.3 Å². The van der Waals surface area contributed by atoms with Crippen molar-refractivity contribution in [3.63, 3.8) is 0 Å². The molecule has 43 heavy (non-hydrogen) atoms. The number of benzene rings is 1. The molecule has 4 N–H and O–H groups in total. The van der Waals surface area contributed by atoms with Crippen molar-refractivity contribution in [2.24, 2.45) is 11.7 Å². The number of nitrogens with one attached hydrogen (secondary N) is 2. The largest absolute Gasteiger partial charge is 0.488 e. The van der Waals surface area contributed by atoms with E-state index < -0.39 is 50.3 Å². The van der Waals surface area contributed by atoms with E-state index in [1.807, 2.05) is 12.2 Å². The number of sulfonamides is 1. The van der Waals surface area contributed by atoms with Gasteiger partial charge in [0.1, 0.15) is 29.0 Å². The van der Waals surface area contributed by atoms with Gasteiger partial charge in [0, 0.05) is 25.3 Å². The molecule has 2 aliphatic heterocycles. The normalized spacial score (nSPS) is 31.7. The molecule has 1 aromatic heterocycles. The van der Waals surface area contributed by atoms with Crippen LogP contribution in [0.2, 0.25) is 0 Å². The third kappa shape index (κ3) is 5.76. The number of carbonyl (C=O) groups is 3. The first-order valence-electron chi connectivity index (χ1n) is 15.1. The number of allylic oxidation sites excluding steroid dienone is 1. The van der Waals surface area contributed by atoms with E-state index in [0.29, 0.717) is 42.0 Å². The number of rotatable bonds is 5. The van der Waals surface area contributed by atoms with E-state index in [2.05, 4.69) is 15.0 Å². The number of fused-ring (bicyclic) bond motifs is 3. The maximum atomic E-state index is 13.9. The standard InChI is InChI=1S/C30H39N5O7S/c1-18-32-23-14-20(10-11-25(23)41-18)42-21-15-24-26(36)33-30(28(38)34-43(39,40)29(2)12-13-29)16-19(30)8-6-4-3-5-7-9-22(31)27(37)35(24)17-21/h6,8,10-11,14,19,21-22,24H,3-5,7,9,12-13,15-17,31H2,1-2H3,(H,33,36)(H,34,38)/b8-6-/t19-,21-,22+,24+,30-/m1/s1. The van der Waals surface area contributed by atoms with E-state index >= 15 is 0 Å². The molecule has 13 heteroatoms. The summed E-state index contributed by atoms with van der Waals surface area (Å²) in [4.78, 5) is 46.8. The predicted octanol–water partition coefficient (Wildman–Crippen LogP) is 2.21. The summed E-state index contributed by atoms with van der Waals surface area (Å²) in [7, 11) is -3.91. The van der Waals surface area contributed by atoms with Gasteiger partial charge in [0.2, 0.25) is 21.8 Å². The third-order valence-corrected chi connectivity index (χ3v) is 11.4. The van der Waals surface area contributed by atoms with E-state index in [-0.39, 0.29) is 31.2 Å². The number of hydrogen-bond acceptors (Lipinski definition) is 9. The van der Waals surface area contributed by atoms with Crippen molar-refractivity contribution < 1.29 is 32.0 Å². The second-order valence-corrected chi connectivity index (χ2v) is 14.9. The van der Waals surface area contributed by atoms with Crippen LogP contribution in [-0.2, 0) is 24.4 Å². The van der Waals surface area contributed by atoms with Crippen LogP contribution in [0.25, 0.3) is 11.1 Å². The fourth-order valence-electron chi connectivity index (χ4n) is 6.13. The molecule has 2 aliphatic carbocycles. The summed E-state index contributed by atoms with van der Waals surface area (Å²) in [6, 6.07) is 3.53. The molecule has 0 unspecified atom stereocenters. The van der Waals surface area contributed by atoms with Crippen LogP contribution in [0, 0.1) is 12.8 Å². The van der Waals surface area contributed by atoms with Gasteiger partial charge in [0.25, 0.3) is 5.91 Å². The zero-order chi connectivity index (χ0) is 30.6. The summed E-state index contributed by atoms with van der Waals surface area (Å²) in [5.74, 6) is -0.943. The molecule has 0 bridgehead atoms. The van der Waals surface area contributed by atoms with Crippen LogP contribution in [0.15, 0.2) is 34.8 Å². The van der Waals surface area contributed by atoms with Crippen molar-refractivity contribution in [2.45, 2.75) is 100 Å². The van der Waals surface area contributed by atoms with Gasteiger partial charge in [-0.2, -0.15) is 0 Å². The van der Waals surface area contributed by atoms with Crippen LogP contribution in [0.1, 0.15) is 70.6 Å². The highest BCUT2D eigenvalue weighted by Crippen LogP contribution is 2.47. The van der Waals surface area contributed by atoms with Crippen LogP contribution in [0.4, 0.5) is 0 Å². The molecule has 12 nitrogen and oxygen atoms in total. The number of nitrogens with two attached hydrogens (primary N) is 1. The molecular formula is C30H39N5O7S. The Balaban J connectivity index is 1.25. The minimum atomic E-state index is -3.91. The van der Waals surface area contributed by atoms with Gasteiger partial charge >= 0.3 is 0 Å². The molecule has 3 amide bonds. The Morgan fingerprint density at radius 1 is 1.23 bits per heavy atom. The predicted molar refractivity (Wildman–Crippen MR) is 157 cm³/mol. The summed E-state index contributed by atoms with van der Waals surface area (Å²) in [5, 5.41) is 2.87.